The van der Waals surface area contributed by atoms with Gasteiger partial charge in [-0.3, -0.25) is 4.21 Å². The lowest BCUT2D eigenvalue weighted by Gasteiger charge is -2.02. The van der Waals surface area contributed by atoms with E-state index in [2.05, 4.69) is 5.32 Å². The van der Waals surface area contributed by atoms with Crippen molar-refractivity contribution in [3.05, 3.63) is 23.7 Å². The van der Waals surface area contributed by atoms with Gasteiger partial charge in [0.2, 0.25) is 0 Å². The summed E-state index contributed by atoms with van der Waals surface area (Å²) in [4.78, 5) is 0. The van der Waals surface area contributed by atoms with Crippen LogP contribution in [-0.2, 0) is 23.1 Å². The Morgan fingerprint density at radius 1 is 1.44 bits per heavy atom. The van der Waals surface area contributed by atoms with Crippen molar-refractivity contribution in [2.24, 2.45) is 0 Å². The van der Waals surface area contributed by atoms with Gasteiger partial charge >= 0.3 is 0 Å². The van der Waals surface area contributed by atoms with Gasteiger partial charge in [0.1, 0.15) is 11.5 Å². The summed E-state index contributed by atoms with van der Waals surface area (Å²) in [5.74, 6) is 2.31. The number of nitrogens with one attached hydrogen (secondary N) is 1. The van der Waals surface area contributed by atoms with Crippen molar-refractivity contribution in [1.82, 2.24) is 5.32 Å². The molecule has 90 valence electrons. The van der Waals surface area contributed by atoms with Gasteiger partial charge in [-0.2, -0.15) is 0 Å². The summed E-state index contributed by atoms with van der Waals surface area (Å²) in [5, 5.41) is 3.59. The molecule has 1 unspecified atom stereocenters. The fourth-order valence-electron chi connectivity index (χ4n) is 1.43. The van der Waals surface area contributed by atoms with Crippen LogP contribution < -0.4 is 5.32 Å². The summed E-state index contributed by atoms with van der Waals surface area (Å²) in [6, 6.07) is 4.60. The predicted molar refractivity (Wildman–Crippen MR) is 65.6 cm³/mol. The zero-order valence-corrected chi connectivity index (χ0v) is 10.7. The minimum atomic E-state index is -0.824. The van der Waals surface area contributed by atoms with Gasteiger partial charge in [0.15, 0.2) is 0 Å². The van der Waals surface area contributed by atoms with Gasteiger partial charge in [0.05, 0.1) is 12.3 Å². The monoisotopic (exact) mass is 241 g/mol. The SMILES string of the molecule is CC(C)S(=O)Cc1ccc(CNC2CC2)o1. The Kier molecular flexibility index (Phi) is 3.82. The van der Waals surface area contributed by atoms with Crippen molar-refractivity contribution in [3.8, 4) is 0 Å². The molecule has 0 saturated heterocycles. The smallest absolute Gasteiger partial charge is 0.118 e. The topological polar surface area (TPSA) is 42.2 Å². The van der Waals surface area contributed by atoms with Crippen LogP contribution in [0.1, 0.15) is 38.2 Å². The van der Waals surface area contributed by atoms with Crippen LogP contribution in [-0.4, -0.2) is 15.5 Å². The van der Waals surface area contributed by atoms with Gasteiger partial charge in [-0.1, -0.05) is 13.8 Å². The van der Waals surface area contributed by atoms with Crippen LogP contribution in [0.15, 0.2) is 16.5 Å². The Morgan fingerprint density at radius 2 is 2.12 bits per heavy atom. The largest absolute Gasteiger partial charge is 0.464 e. The molecule has 1 atom stereocenters. The summed E-state index contributed by atoms with van der Waals surface area (Å²) < 4.78 is 17.3. The first kappa shape index (κ1) is 11.9. The molecule has 16 heavy (non-hydrogen) atoms. The summed E-state index contributed by atoms with van der Waals surface area (Å²) in [5.41, 5.74) is 0. The zero-order valence-electron chi connectivity index (χ0n) is 9.86. The highest BCUT2D eigenvalue weighted by Crippen LogP contribution is 2.20. The number of hydrogen-bond donors (Lipinski definition) is 1. The Balaban J connectivity index is 1.83. The van der Waals surface area contributed by atoms with E-state index in [4.69, 9.17) is 4.42 Å². The van der Waals surface area contributed by atoms with Gasteiger partial charge in [-0.25, -0.2) is 0 Å². The molecule has 1 aromatic heterocycles. The first-order valence-electron chi connectivity index (χ1n) is 5.83. The van der Waals surface area contributed by atoms with Crippen LogP contribution in [0.25, 0.3) is 0 Å². The number of furan rings is 1. The van der Waals surface area contributed by atoms with E-state index in [0.29, 0.717) is 11.8 Å². The fourth-order valence-corrected chi connectivity index (χ4v) is 2.20. The summed E-state index contributed by atoms with van der Waals surface area (Å²) in [6.07, 6.45) is 2.57. The highest BCUT2D eigenvalue weighted by Gasteiger charge is 2.20. The van der Waals surface area contributed by atoms with E-state index in [1.807, 2.05) is 26.0 Å². The molecule has 0 amide bonds. The quantitative estimate of drug-likeness (QED) is 0.830. The summed E-state index contributed by atoms with van der Waals surface area (Å²) in [6.45, 7) is 4.72. The minimum Gasteiger partial charge on any atom is -0.464 e. The second kappa shape index (κ2) is 5.15. The van der Waals surface area contributed by atoms with Crippen molar-refractivity contribution >= 4 is 10.8 Å². The lowest BCUT2D eigenvalue weighted by molar-refractivity contribution is 0.457. The average molecular weight is 241 g/mol. The number of hydrogen-bond acceptors (Lipinski definition) is 3. The lowest BCUT2D eigenvalue weighted by Crippen LogP contribution is -2.14. The molecule has 1 aliphatic carbocycles. The summed E-state index contributed by atoms with van der Waals surface area (Å²) in [7, 11) is -0.824. The molecule has 1 N–H and O–H groups in total. The highest BCUT2D eigenvalue weighted by atomic mass is 32.2. The predicted octanol–water partition coefficient (Wildman–Crippen LogP) is 2.19. The Bertz CT molecular complexity index is 369. The summed E-state index contributed by atoms with van der Waals surface area (Å²) >= 11 is 0. The molecule has 1 aliphatic rings. The van der Waals surface area contributed by atoms with Gasteiger partial charge in [0.25, 0.3) is 0 Å². The van der Waals surface area contributed by atoms with E-state index < -0.39 is 10.8 Å². The minimum absolute atomic E-state index is 0.193. The third-order valence-electron chi connectivity index (χ3n) is 2.67. The van der Waals surface area contributed by atoms with Crippen LogP contribution in [0, 0.1) is 0 Å². The first-order chi connectivity index (χ1) is 7.65. The maximum atomic E-state index is 11.6. The molecule has 2 rings (SSSR count). The molecule has 4 heteroatoms. The third-order valence-corrected chi connectivity index (χ3v) is 4.29. The molecule has 3 nitrogen and oxygen atoms in total. The molecule has 1 saturated carbocycles. The van der Waals surface area contributed by atoms with Crippen molar-refractivity contribution in [3.63, 3.8) is 0 Å². The third kappa shape index (κ3) is 3.46. The van der Waals surface area contributed by atoms with Crippen LogP contribution in [0.3, 0.4) is 0 Å². The average Bonchev–Trinajstić information content (AvgIpc) is 2.97. The van der Waals surface area contributed by atoms with E-state index in [-0.39, 0.29) is 5.25 Å². The first-order valence-corrected chi connectivity index (χ1v) is 7.21. The van der Waals surface area contributed by atoms with Crippen molar-refractivity contribution in [1.29, 1.82) is 0 Å². The van der Waals surface area contributed by atoms with Gasteiger partial charge in [-0.05, 0) is 25.0 Å². The van der Waals surface area contributed by atoms with Gasteiger partial charge in [-0.15, -0.1) is 0 Å². The normalized spacial score (nSPS) is 17.9. The Hall–Kier alpha value is -0.610. The van der Waals surface area contributed by atoms with Crippen molar-refractivity contribution < 1.29 is 8.63 Å². The van der Waals surface area contributed by atoms with E-state index >= 15 is 0 Å². The van der Waals surface area contributed by atoms with Crippen molar-refractivity contribution in [2.45, 2.75) is 50.3 Å². The highest BCUT2D eigenvalue weighted by molar-refractivity contribution is 7.84. The van der Waals surface area contributed by atoms with Crippen LogP contribution in [0.4, 0.5) is 0 Å². The Labute approximate surface area is 99.1 Å². The second-order valence-corrected chi connectivity index (χ2v) is 6.59. The molecule has 1 fully saturated rings. The molecule has 1 aromatic rings. The maximum absolute atomic E-state index is 11.6. The molecule has 0 aliphatic heterocycles. The lowest BCUT2D eigenvalue weighted by atomic mass is 10.4. The molecule has 0 bridgehead atoms. The molecular weight excluding hydrogens is 222 g/mol. The van der Waals surface area contributed by atoms with E-state index in [1.54, 1.807) is 0 Å². The van der Waals surface area contributed by atoms with E-state index in [9.17, 15) is 4.21 Å². The second-order valence-electron chi connectivity index (χ2n) is 4.60. The molecule has 0 aromatic carbocycles. The van der Waals surface area contributed by atoms with Crippen LogP contribution in [0.5, 0.6) is 0 Å². The van der Waals surface area contributed by atoms with Crippen molar-refractivity contribution in [2.75, 3.05) is 0 Å². The molecule has 1 heterocycles. The fraction of sp³-hybridized carbons (Fsp3) is 0.667. The van der Waals surface area contributed by atoms with E-state index in [0.717, 1.165) is 18.1 Å². The van der Waals surface area contributed by atoms with E-state index in [1.165, 1.54) is 12.8 Å². The molecule has 0 radical (unpaired) electrons. The van der Waals surface area contributed by atoms with Crippen LogP contribution >= 0.6 is 0 Å². The van der Waals surface area contributed by atoms with Gasteiger partial charge < -0.3 is 9.73 Å². The molecular formula is C12H19NO2S. The maximum Gasteiger partial charge on any atom is 0.118 e. The standard InChI is InChI=1S/C12H19NO2S/c1-9(2)16(14)8-12-6-5-11(15-12)7-13-10-3-4-10/h5-6,9-10,13H,3-4,7-8H2,1-2H3. The molecule has 0 spiro atoms. The van der Waals surface area contributed by atoms with Gasteiger partial charge in [0, 0.05) is 22.1 Å². The zero-order chi connectivity index (χ0) is 11.5. The number of rotatable bonds is 6. The Morgan fingerprint density at radius 3 is 2.75 bits per heavy atom. The van der Waals surface area contributed by atoms with Crippen LogP contribution in [0.2, 0.25) is 0 Å².